The summed E-state index contributed by atoms with van der Waals surface area (Å²) in [5.74, 6) is 5.37. The van der Waals surface area contributed by atoms with Crippen molar-refractivity contribution >= 4 is 5.91 Å². The Morgan fingerprint density at radius 2 is 1.87 bits per heavy atom. The van der Waals surface area contributed by atoms with Gasteiger partial charge in [-0.05, 0) is 104 Å². The van der Waals surface area contributed by atoms with Crippen LogP contribution in [0.25, 0.3) is 0 Å². The molecule has 5 aliphatic rings. The minimum atomic E-state index is 0.291. The van der Waals surface area contributed by atoms with Crippen LogP contribution in [0.3, 0.4) is 0 Å². The standard InChI is InChI=1S/C27H45NO2/c1-17(7-10-24(29)28(4)5)20-8-9-21-19-15-23(30-6)27-16-18(27)11-14-26(27,3)22(19)12-13-25(20,21)2/h17-23H,7-16H2,1-6H3/t17-,18+,19+,20-,21+,22+,23-,25-,26-,27+/m1/s1. The normalized spacial score (nSPS) is 52.1. The van der Waals surface area contributed by atoms with Gasteiger partial charge in [0.15, 0.2) is 0 Å². The van der Waals surface area contributed by atoms with E-state index < -0.39 is 0 Å². The van der Waals surface area contributed by atoms with E-state index in [1.54, 1.807) is 4.90 Å². The molecule has 0 bridgehead atoms. The molecule has 0 N–H and O–H groups in total. The largest absolute Gasteiger partial charge is 0.381 e. The second-order valence-corrected chi connectivity index (χ2v) is 12.8. The SMILES string of the molecule is CO[C@@H]1C[C@H]2[C@@H]3CC[C@H]([C@H](C)CCC(=O)N(C)C)[C@@]3(C)CC[C@@H]2[C@@]2(C)CC[C@H]3C[C@]312. The lowest BCUT2D eigenvalue weighted by Gasteiger charge is -2.61. The Kier molecular flexibility index (Phi) is 4.94. The van der Waals surface area contributed by atoms with Crippen molar-refractivity contribution in [3.05, 3.63) is 0 Å². The molecule has 3 heteroatoms. The van der Waals surface area contributed by atoms with Crippen LogP contribution < -0.4 is 0 Å². The number of hydrogen-bond donors (Lipinski definition) is 0. The van der Waals surface area contributed by atoms with Crippen LogP contribution in [-0.4, -0.2) is 38.1 Å². The molecule has 5 saturated carbocycles. The average molecular weight is 416 g/mol. The zero-order valence-corrected chi connectivity index (χ0v) is 20.4. The van der Waals surface area contributed by atoms with Crippen molar-refractivity contribution in [3.63, 3.8) is 0 Å². The average Bonchev–Trinajstić information content (AvgIpc) is 3.22. The second kappa shape index (κ2) is 6.96. The Morgan fingerprint density at radius 3 is 2.53 bits per heavy atom. The van der Waals surface area contributed by atoms with Crippen molar-refractivity contribution in [1.29, 1.82) is 0 Å². The predicted octanol–water partition coefficient (Wildman–Crippen LogP) is 5.77. The number of carbonyl (C=O) groups excluding carboxylic acids is 1. The number of fused-ring (bicyclic) bond motifs is 4. The van der Waals surface area contributed by atoms with Gasteiger partial charge in [0.1, 0.15) is 0 Å². The topological polar surface area (TPSA) is 29.5 Å². The van der Waals surface area contributed by atoms with Gasteiger partial charge in [-0.15, -0.1) is 0 Å². The van der Waals surface area contributed by atoms with E-state index in [0.29, 0.717) is 40.6 Å². The van der Waals surface area contributed by atoms with Gasteiger partial charge in [0, 0.05) is 33.0 Å². The first kappa shape index (κ1) is 21.3. The van der Waals surface area contributed by atoms with E-state index in [9.17, 15) is 4.79 Å². The summed E-state index contributed by atoms with van der Waals surface area (Å²) in [5.41, 5.74) is 1.54. The number of methoxy groups -OCH3 is 1. The van der Waals surface area contributed by atoms with Crippen molar-refractivity contribution in [3.8, 4) is 0 Å². The van der Waals surface area contributed by atoms with Gasteiger partial charge in [-0.1, -0.05) is 20.8 Å². The number of carbonyl (C=O) groups is 1. The fourth-order valence-corrected chi connectivity index (χ4v) is 10.3. The third-order valence-corrected chi connectivity index (χ3v) is 11.9. The molecular weight excluding hydrogens is 370 g/mol. The molecule has 10 atom stereocenters. The molecule has 0 aliphatic heterocycles. The first-order valence-electron chi connectivity index (χ1n) is 12.9. The van der Waals surface area contributed by atoms with Gasteiger partial charge in [0.05, 0.1) is 6.10 Å². The highest BCUT2D eigenvalue weighted by Crippen LogP contribution is 2.82. The number of hydrogen-bond acceptors (Lipinski definition) is 2. The molecule has 0 unspecified atom stereocenters. The van der Waals surface area contributed by atoms with Crippen LogP contribution in [0.1, 0.15) is 85.0 Å². The predicted molar refractivity (Wildman–Crippen MR) is 121 cm³/mol. The summed E-state index contributed by atoms with van der Waals surface area (Å²) in [6.07, 6.45) is 13.6. The third-order valence-electron chi connectivity index (χ3n) is 11.9. The van der Waals surface area contributed by atoms with Crippen LogP contribution in [0.4, 0.5) is 0 Å². The van der Waals surface area contributed by atoms with E-state index in [4.69, 9.17) is 4.74 Å². The van der Waals surface area contributed by atoms with E-state index in [2.05, 4.69) is 20.8 Å². The van der Waals surface area contributed by atoms with Crippen molar-refractivity contribution in [2.45, 2.75) is 91.1 Å². The summed E-state index contributed by atoms with van der Waals surface area (Å²) in [5, 5.41) is 0. The molecule has 5 aliphatic carbocycles. The summed E-state index contributed by atoms with van der Waals surface area (Å²) in [4.78, 5) is 13.9. The van der Waals surface area contributed by atoms with Gasteiger partial charge < -0.3 is 9.64 Å². The quantitative estimate of drug-likeness (QED) is 0.570. The smallest absolute Gasteiger partial charge is 0.222 e. The maximum Gasteiger partial charge on any atom is 0.222 e. The number of rotatable bonds is 5. The highest BCUT2D eigenvalue weighted by atomic mass is 16.5. The van der Waals surface area contributed by atoms with Crippen LogP contribution in [0.2, 0.25) is 0 Å². The van der Waals surface area contributed by atoms with Gasteiger partial charge in [0.2, 0.25) is 5.91 Å². The highest BCUT2D eigenvalue weighted by molar-refractivity contribution is 5.75. The van der Waals surface area contributed by atoms with Crippen molar-refractivity contribution < 1.29 is 9.53 Å². The zero-order valence-electron chi connectivity index (χ0n) is 20.4. The molecule has 5 rings (SSSR count). The summed E-state index contributed by atoms with van der Waals surface area (Å²) < 4.78 is 6.26. The molecule has 0 heterocycles. The molecule has 170 valence electrons. The monoisotopic (exact) mass is 415 g/mol. The highest BCUT2D eigenvalue weighted by Gasteiger charge is 2.77. The fraction of sp³-hybridized carbons (Fsp3) is 0.963. The third kappa shape index (κ3) is 2.63. The first-order chi connectivity index (χ1) is 14.2. The lowest BCUT2D eigenvalue weighted by Crippen LogP contribution is -2.57. The number of amides is 1. The van der Waals surface area contributed by atoms with Crippen molar-refractivity contribution in [2.75, 3.05) is 21.2 Å². The lowest BCUT2D eigenvalue weighted by molar-refractivity contribution is -0.161. The molecular formula is C27H45NO2. The molecule has 30 heavy (non-hydrogen) atoms. The summed E-state index contributed by atoms with van der Waals surface area (Å²) in [6, 6.07) is 0. The van der Waals surface area contributed by atoms with Crippen molar-refractivity contribution in [2.24, 2.45) is 51.8 Å². The minimum absolute atomic E-state index is 0.291. The Hall–Kier alpha value is -0.570. The van der Waals surface area contributed by atoms with E-state index in [1.807, 2.05) is 21.2 Å². The lowest BCUT2D eigenvalue weighted by atomic mass is 9.45. The summed E-state index contributed by atoms with van der Waals surface area (Å²) in [7, 11) is 5.77. The minimum Gasteiger partial charge on any atom is -0.381 e. The Labute approximate surface area is 184 Å². The molecule has 0 radical (unpaired) electrons. The number of nitrogens with zero attached hydrogens (tertiary/aromatic N) is 1. The molecule has 0 saturated heterocycles. The second-order valence-electron chi connectivity index (χ2n) is 12.8. The molecule has 5 fully saturated rings. The van der Waals surface area contributed by atoms with Gasteiger partial charge in [-0.3, -0.25) is 4.79 Å². The molecule has 0 aromatic carbocycles. The van der Waals surface area contributed by atoms with E-state index in [-0.39, 0.29) is 0 Å². The van der Waals surface area contributed by atoms with E-state index in [0.717, 1.165) is 36.0 Å². The van der Waals surface area contributed by atoms with Crippen LogP contribution in [0.15, 0.2) is 0 Å². The van der Waals surface area contributed by atoms with Crippen LogP contribution in [0.5, 0.6) is 0 Å². The first-order valence-corrected chi connectivity index (χ1v) is 12.9. The van der Waals surface area contributed by atoms with Gasteiger partial charge in [-0.2, -0.15) is 0 Å². The van der Waals surface area contributed by atoms with E-state index in [1.165, 1.54) is 51.4 Å². The van der Waals surface area contributed by atoms with E-state index >= 15 is 0 Å². The van der Waals surface area contributed by atoms with Gasteiger partial charge >= 0.3 is 0 Å². The molecule has 0 aromatic rings. The van der Waals surface area contributed by atoms with Gasteiger partial charge in [-0.25, -0.2) is 0 Å². The summed E-state index contributed by atoms with van der Waals surface area (Å²) in [6.45, 7) is 7.75. The number of ether oxygens (including phenoxy) is 1. The van der Waals surface area contributed by atoms with Crippen LogP contribution in [-0.2, 0) is 9.53 Å². The Morgan fingerprint density at radius 1 is 1.10 bits per heavy atom. The molecule has 3 nitrogen and oxygen atoms in total. The molecule has 1 spiro atoms. The van der Waals surface area contributed by atoms with Crippen LogP contribution in [0, 0.1) is 51.8 Å². The maximum atomic E-state index is 12.2. The summed E-state index contributed by atoms with van der Waals surface area (Å²) >= 11 is 0. The Bertz CT molecular complexity index is 705. The van der Waals surface area contributed by atoms with Crippen LogP contribution >= 0.6 is 0 Å². The Balaban J connectivity index is 1.35. The zero-order chi connectivity index (χ0) is 21.5. The fourth-order valence-electron chi connectivity index (χ4n) is 10.3. The maximum absolute atomic E-state index is 12.2. The molecule has 1 amide bonds. The molecule has 0 aromatic heterocycles. The van der Waals surface area contributed by atoms with Crippen molar-refractivity contribution in [1.82, 2.24) is 4.90 Å². The van der Waals surface area contributed by atoms with Gasteiger partial charge in [0.25, 0.3) is 0 Å².